The first-order valence-corrected chi connectivity index (χ1v) is 4.69. The summed E-state index contributed by atoms with van der Waals surface area (Å²) in [7, 11) is 0. The van der Waals surface area contributed by atoms with Crippen LogP contribution in [0.15, 0.2) is 29.2 Å². The number of para-hydroxylation sites is 1. The molecule has 0 radical (unpaired) electrons. The predicted molar refractivity (Wildman–Crippen MR) is 49.8 cm³/mol. The van der Waals surface area contributed by atoms with Gasteiger partial charge in [-0.25, -0.2) is 4.21 Å². The predicted octanol–water partition coefficient (Wildman–Crippen LogP) is 1.23. The molecule has 2 N–H and O–H groups in total. The van der Waals surface area contributed by atoms with Gasteiger partial charge in [-0.1, -0.05) is 12.1 Å². The Morgan fingerprint density at radius 3 is 2.62 bits per heavy atom. The van der Waals surface area contributed by atoms with Gasteiger partial charge in [-0.05, 0) is 12.1 Å². The number of amides is 1. The van der Waals surface area contributed by atoms with Crippen molar-refractivity contribution in [2.75, 3.05) is 5.32 Å². The summed E-state index contributed by atoms with van der Waals surface area (Å²) in [6, 6.07) is 6.38. The summed E-state index contributed by atoms with van der Waals surface area (Å²) in [6.45, 7) is 1.34. The minimum absolute atomic E-state index is 0.206. The Labute approximate surface area is 78.3 Å². The zero-order valence-electron chi connectivity index (χ0n) is 6.98. The zero-order chi connectivity index (χ0) is 9.84. The Morgan fingerprint density at radius 1 is 1.46 bits per heavy atom. The number of nitrogens with one attached hydrogen (secondary N) is 1. The number of benzene rings is 1. The molecule has 5 heteroatoms. The smallest absolute Gasteiger partial charge is 0.221 e. The third-order valence-electron chi connectivity index (χ3n) is 1.39. The average Bonchev–Trinajstić information content (AvgIpc) is 2.03. The molecule has 0 bridgehead atoms. The SMILES string of the molecule is CC(=O)Nc1ccccc1S(=O)O. The van der Waals surface area contributed by atoms with Crippen molar-refractivity contribution in [3.8, 4) is 0 Å². The normalized spacial score (nSPS) is 12.2. The summed E-state index contributed by atoms with van der Waals surface area (Å²) in [4.78, 5) is 10.9. The maximum absolute atomic E-state index is 10.8. The van der Waals surface area contributed by atoms with E-state index in [4.69, 9.17) is 4.55 Å². The van der Waals surface area contributed by atoms with Crippen LogP contribution < -0.4 is 5.32 Å². The molecule has 1 amide bonds. The molecule has 1 aromatic rings. The molecular weight excluding hydrogens is 190 g/mol. The molecule has 0 saturated heterocycles. The highest BCUT2D eigenvalue weighted by molar-refractivity contribution is 7.79. The van der Waals surface area contributed by atoms with E-state index < -0.39 is 11.1 Å². The van der Waals surface area contributed by atoms with Crippen LogP contribution in [-0.2, 0) is 15.9 Å². The monoisotopic (exact) mass is 199 g/mol. The number of hydrogen-bond donors (Lipinski definition) is 2. The van der Waals surface area contributed by atoms with Gasteiger partial charge in [-0.3, -0.25) is 4.79 Å². The fourth-order valence-corrected chi connectivity index (χ4v) is 1.41. The first kappa shape index (κ1) is 9.88. The molecule has 1 rings (SSSR count). The third kappa shape index (κ3) is 2.64. The Balaban J connectivity index is 3.04. The van der Waals surface area contributed by atoms with Crippen LogP contribution in [-0.4, -0.2) is 14.7 Å². The highest BCUT2D eigenvalue weighted by Crippen LogP contribution is 2.17. The zero-order valence-corrected chi connectivity index (χ0v) is 7.80. The molecule has 4 nitrogen and oxygen atoms in total. The first-order valence-electron chi connectivity index (χ1n) is 3.58. The van der Waals surface area contributed by atoms with E-state index in [1.165, 1.54) is 13.0 Å². The van der Waals surface area contributed by atoms with E-state index in [1.807, 2.05) is 0 Å². The van der Waals surface area contributed by atoms with Gasteiger partial charge < -0.3 is 9.87 Å². The fraction of sp³-hybridized carbons (Fsp3) is 0.125. The summed E-state index contributed by atoms with van der Waals surface area (Å²) < 4.78 is 19.6. The molecule has 13 heavy (non-hydrogen) atoms. The maximum Gasteiger partial charge on any atom is 0.221 e. The van der Waals surface area contributed by atoms with Crippen molar-refractivity contribution in [1.82, 2.24) is 0 Å². The molecule has 0 spiro atoms. The van der Waals surface area contributed by atoms with Crippen LogP contribution in [0.3, 0.4) is 0 Å². The van der Waals surface area contributed by atoms with Crippen molar-refractivity contribution in [2.24, 2.45) is 0 Å². The van der Waals surface area contributed by atoms with Crippen molar-refractivity contribution < 1.29 is 13.6 Å². The highest BCUT2D eigenvalue weighted by atomic mass is 32.2. The molecule has 0 aliphatic carbocycles. The van der Waals surface area contributed by atoms with Gasteiger partial charge in [-0.15, -0.1) is 0 Å². The van der Waals surface area contributed by atoms with E-state index in [0.29, 0.717) is 5.69 Å². The third-order valence-corrected chi connectivity index (χ3v) is 2.12. The number of hydrogen-bond acceptors (Lipinski definition) is 2. The van der Waals surface area contributed by atoms with Crippen molar-refractivity contribution in [3.05, 3.63) is 24.3 Å². The van der Waals surface area contributed by atoms with E-state index >= 15 is 0 Å². The van der Waals surface area contributed by atoms with Gasteiger partial charge in [-0.2, -0.15) is 0 Å². The number of carbonyl (C=O) groups is 1. The van der Waals surface area contributed by atoms with Gasteiger partial charge in [0.25, 0.3) is 0 Å². The largest absolute Gasteiger partial charge is 0.325 e. The van der Waals surface area contributed by atoms with Gasteiger partial charge in [0.2, 0.25) is 5.91 Å². The Bertz CT molecular complexity index is 351. The van der Waals surface area contributed by atoms with E-state index in [0.717, 1.165) is 0 Å². The fourth-order valence-electron chi connectivity index (χ4n) is 0.912. The van der Waals surface area contributed by atoms with Gasteiger partial charge in [0.05, 0.1) is 10.6 Å². The Kier molecular flexibility index (Phi) is 3.16. The van der Waals surface area contributed by atoms with Crippen molar-refractivity contribution in [3.63, 3.8) is 0 Å². The van der Waals surface area contributed by atoms with Crippen LogP contribution in [0.5, 0.6) is 0 Å². The highest BCUT2D eigenvalue weighted by Gasteiger charge is 2.06. The molecule has 0 fully saturated rings. The summed E-state index contributed by atoms with van der Waals surface area (Å²) in [5, 5.41) is 2.46. The lowest BCUT2D eigenvalue weighted by atomic mass is 10.3. The number of anilines is 1. The lowest BCUT2D eigenvalue weighted by Crippen LogP contribution is -2.08. The Morgan fingerprint density at radius 2 is 2.08 bits per heavy atom. The molecule has 0 heterocycles. The molecule has 0 aliphatic heterocycles. The molecule has 1 atom stereocenters. The summed E-state index contributed by atoms with van der Waals surface area (Å²) in [5.41, 5.74) is 0.371. The molecule has 1 aromatic carbocycles. The number of carbonyl (C=O) groups excluding carboxylic acids is 1. The van der Waals surface area contributed by atoms with Crippen LogP contribution in [0.2, 0.25) is 0 Å². The maximum atomic E-state index is 10.8. The van der Waals surface area contributed by atoms with Crippen molar-refractivity contribution in [1.29, 1.82) is 0 Å². The molecule has 1 unspecified atom stereocenters. The molecular formula is C8H9NO3S. The summed E-state index contributed by atoms with van der Waals surface area (Å²) in [5.74, 6) is -0.266. The van der Waals surface area contributed by atoms with E-state index in [2.05, 4.69) is 5.32 Å². The minimum atomic E-state index is -2.07. The summed E-state index contributed by atoms with van der Waals surface area (Å²) >= 11 is -2.07. The van der Waals surface area contributed by atoms with Gasteiger partial charge in [0.15, 0.2) is 11.1 Å². The first-order chi connectivity index (χ1) is 6.11. The summed E-state index contributed by atoms with van der Waals surface area (Å²) in [6.07, 6.45) is 0. The second-order valence-corrected chi connectivity index (χ2v) is 3.36. The average molecular weight is 199 g/mol. The topological polar surface area (TPSA) is 66.4 Å². The quantitative estimate of drug-likeness (QED) is 0.704. The van der Waals surface area contributed by atoms with Crippen LogP contribution in [0, 0.1) is 0 Å². The lowest BCUT2D eigenvalue weighted by Gasteiger charge is -2.05. The van der Waals surface area contributed by atoms with Gasteiger partial charge in [0.1, 0.15) is 0 Å². The van der Waals surface area contributed by atoms with Crippen LogP contribution in [0.25, 0.3) is 0 Å². The molecule has 0 saturated carbocycles. The van der Waals surface area contributed by atoms with E-state index in [-0.39, 0.29) is 10.8 Å². The van der Waals surface area contributed by atoms with E-state index in [1.54, 1.807) is 18.2 Å². The van der Waals surface area contributed by atoms with Gasteiger partial charge in [0, 0.05) is 6.92 Å². The van der Waals surface area contributed by atoms with Crippen molar-refractivity contribution >= 4 is 22.7 Å². The second kappa shape index (κ2) is 4.15. The second-order valence-electron chi connectivity index (χ2n) is 2.43. The van der Waals surface area contributed by atoms with Crippen LogP contribution in [0.4, 0.5) is 5.69 Å². The van der Waals surface area contributed by atoms with Gasteiger partial charge >= 0.3 is 0 Å². The molecule has 0 aromatic heterocycles. The molecule has 0 aliphatic rings. The standard InChI is InChI=1S/C8H9NO3S/c1-6(10)9-7-4-2-3-5-8(7)13(11)12/h2-5H,1H3,(H,9,10)(H,11,12). The molecule has 70 valence electrons. The Hall–Kier alpha value is -1.20. The minimum Gasteiger partial charge on any atom is -0.325 e. The van der Waals surface area contributed by atoms with Crippen LogP contribution in [0.1, 0.15) is 6.92 Å². The lowest BCUT2D eigenvalue weighted by molar-refractivity contribution is -0.114. The van der Waals surface area contributed by atoms with Crippen LogP contribution >= 0.6 is 0 Å². The van der Waals surface area contributed by atoms with Crippen molar-refractivity contribution in [2.45, 2.75) is 11.8 Å². The van der Waals surface area contributed by atoms with E-state index in [9.17, 15) is 9.00 Å². The number of rotatable bonds is 2.